The minimum Gasteiger partial charge on any atom is -0.205 e. The largest absolute Gasteiger partial charge is 0.205 e. The molecule has 0 atom stereocenters. The molecule has 0 aliphatic carbocycles. The third kappa shape index (κ3) is 8.02. The van der Waals surface area contributed by atoms with Crippen LogP contribution in [0.1, 0.15) is 77.2 Å². The highest BCUT2D eigenvalue weighted by atomic mass is 14.9. The lowest BCUT2D eigenvalue weighted by molar-refractivity contribution is -0.697. The Morgan fingerprint density at radius 3 is 1.79 bits per heavy atom. The molecule has 0 amide bonds. The van der Waals surface area contributed by atoms with Gasteiger partial charge in [0.15, 0.2) is 12.4 Å². The van der Waals surface area contributed by atoms with Crippen molar-refractivity contribution in [2.45, 2.75) is 84.6 Å². The number of nitrogens with zero attached hydrogens (tertiary/aromatic N) is 1. The minimum atomic E-state index is 1.14. The smallest absolute Gasteiger partial charge is 0.169 e. The summed E-state index contributed by atoms with van der Waals surface area (Å²) < 4.78 is 2.32. The van der Waals surface area contributed by atoms with Crippen molar-refractivity contribution in [2.75, 3.05) is 0 Å². The number of rotatable bonds is 11. The van der Waals surface area contributed by atoms with E-state index >= 15 is 0 Å². The Labute approximate surface area is 120 Å². The molecule has 1 aromatic heterocycles. The summed E-state index contributed by atoms with van der Waals surface area (Å²) in [5, 5.41) is 0. The summed E-state index contributed by atoms with van der Waals surface area (Å²) in [5.74, 6) is 0. The number of unbranched alkanes of at least 4 members (excludes halogenated alkanes) is 8. The second-order valence-electron chi connectivity index (χ2n) is 5.63. The summed E-state index contributed by atoms with van der Waals surface area (Å²) >= 11 is 0. The molecule has 1 rings (SSSR count). The molecule has 0 aromatic carbocycles. The summed E-state index contributed by atoms with van der Waals surface area (Å²) in [5.41, 5.74) is 1.43. The zero-order valence-electron chi connectivity index (χ0n) is 13.0. The lowest BCUT2D eigenvalue weighted by Gasteiger charge is -2.01. The first-order valence-corrected chi connectivity index (χ1v) is 8.34. The molecule has 1 heterocycles. The van der Waals surface area contributed by atoms with E-state index in [0.717, 1.165) is 6.42 Å². The highest BCUT2D eigenvalue weighted by Crippen LogP contribution is 2.09. The second kappa shape index (κ2) is 11.0. The number of aromatic nitrogens is 1. The summed E-state index contributed by atoms with van der Waals surface area (Å²) in [6, 6.07) is 4.49. The molecule has 1 heteroatoms. The Morgan fingerprint density at radius 2 is 1.26 bits per heavy atom. The van der Waals surface area contributed by atoms with Crippen molar-refractivity contribution < 1.29 is 4.57 Å². The van der Waals surface area contributed by atoms with Gasteiger partial charge in [0.25, 0.3) is 0 Å². The fourth-order valence-electron chi connectivity index (χ4n) is 2.48. The molecule has 0 aliphatic heterocycles. The van der Waals surface area contributed by atoms with Crippen LogP contribution in [0.2, 0.25) is 0 Å². The molecule has 0 unspecified atom stereocenters. The van der Waals surface area contributed by atoms with Gasteiger partial charge in [-0.2, -0.15) is 0 Å². The van der Waals surface area contributed by atoms with E-state index in [1.807, 2.05) is 0 Å². The maximum absolute atomic E-state index is 2.32. The quantitative estimate of drug-likeness (QED) is 0.387. The molecular weight excluding hydrogens is 230 g/mol. The number of hydrogen-bond acceptors (Lipinski definition) is 0. The van der Waals surface area contributed by atoms with Crippen LogP contribution in [0.25, 0.3) is 0 Å². The third-order valence-corrected chi connectivity index (χ3v) is 3.89. The Bertz CT molecular complexity index is 302. The van der Waals surface area contributed by atoms with Gasteiger partial charge in [0.05, 0.1) is 0 Å². The van der Waals surface area contributed by atoms with E-state index in [1.165, 1.54) is 69.9 Å². The maximum atomic E-state index is 2.32. The lowest BCUT2D eigenvalue weighted by atomic mass is 10.1. The van der Waals surface area contributed by atoms with Crippen molar-refractivity contribution in [3.05, 3.63) is 30.1 Å². The molecule has 0 aliphatic rings. The lowest BCUT2D eigenvalue weighted by Crippen LogP contribution is -2.32. The molecule has 108 valence electrons. The van der Waals surface area contributed by atoms with E-state index in [4.69, 9.17) is 0 Å². The molecule has 0 fully saturated rings. The summed E-state index contributed by atoms with van der Waals surface area (Å²) in [6.07, 6.45) is 18.3. The van der Waals surface area contributed by atoms with Crippen LogP contribution in [0.3, 0.4) is 0 Å². The van der Waals surface area contributed by atoms with Crippen molar-refractivity contribution in [1.29, 1.82) is 0 Å². The molecule has 0 spiro atoms. The Balaban J connectivity index is 1.95. The van der Waals surface area contributed by atoms with Gasteiger partial charge >= 0.3 is 0 Å². The molecule has 0 saturated carbocycles. The van der Waals surface area contributed by atoms with Gasteiger partial charge in [-0.05, 0) is 18.4 Å². The fraction of sp³-hybridized carbons (Fsp3) is 0.722. The van der Waals surface area contributed by atoms with Crippen LogP contribution in [-0.2, 0) is 13.0 Å². The highest BCUT2D eigenvalue weighted by Gasteiger charge is 2.00. The van der Waals surface area contributed by atoms with Crippen LogP contribution >= 0.6 is 0 Å². The van der Waals surface area contributed by atoms with E-state index in [1.54, 1.807) is 0 Å². The van der Waals surface area contributed by atoms with Gasteiger partial charge in [-0.15, -0.1) is 0 Å². The topological polar surface area (TPSA) is 3.88 Å². The van der Waals surface area contributed by atoms with Gasteiger partial charge in [-0.3, -0.25) is 0 Å². The normalized spacial score (nSPS) is 10.8. The standard InChI is InChI=1S/C18H32N/c1-3-5-6-7-8-9-10-11-12-15-19-16-13-18(4-2)14-17-19/h13-14,16-17H,3-12,15H2,1-2H3/q+1. The van der Waals surface area contributed by atoms with Crippen LogP contribution in [0.15, 0.2) is 24.5 Å². The molecule has 0 N–H and O–H groups in total. The van der Waals surface area contributed by atoms with E-state index in [0.29, 0.717) is 0 Å². The van der Waals surface area contributed by atoms with Crippen molar-refractivity contribution in [3.63, 3.8) is 0 Å². The van der Waals surface area contributed by atoms with Crippen molar-refractivity contribution in [1.82, 2.24) is 0 Å². The van der Waals surface area contributed by atoms with Crippen molar-refractivity contribution in [2.24, 2.45) is 0 Å². The average Bonchev–Trinajstić information content (AvgIpc) is 2.46. The van der Waals surface area contributed by atoms with Gasteiger partial charge in [0, 0.05) is 18.6 Å². The van der Waals surface area contributed by atoms with E-state index in [2.05, 4.69) is 42.9 Å². The summed E-state index contributed by atoms with van der Waals surface area (Å²) in [6.45, 7) is 5.67. The van der Waals surface area contributed by atoms with E-state index in [9.17, 15) is 0 Å². The minimum absolute atomic E-state index is 1.14. The Kier molecular flexibility index (Phi) is 9.40. The molecule has 1 aromatic rings. The molecule has 1 nitrogen and oxygen atoms in total. The Hall–Kier alpha value is -0.850. The van der Waals surface area contributed by atoms with E-state index < -0.39 is 0 Å². The van der Waals surface area contributed by atoms with Crippen LogP contribution in [0.5, 0.6) is 0 Å². The van der Waals surface area contributed by atoms with Crippen LogP contribution in [-0.4, -0.2) is 0 Å². The SMILES string of the molecule is CCCCCCCCCCC[n+]1ccc(CC)cc1. The van der Waals surface area contributed by atoms with Gasteiger partial charge in [-0.25, -0.2) is 4.57 Å². The molecule has 0 radical (unpaired) electrons. The van der Waals surface area contributed by atoms with Crippen molar-refractivity contribution in [3.8, 4) is 0 Å². The van der Waals surface area contributed by atoms with Crippen LogP contribution in [0, 0.1) is 0 Å². The first-order chi connectivity index (χ1) is 9.36. The predicted molar refractivity (Wildman–Crippen MR) is 83.2 cm³/mol. The van der Waals surface area contributed by atoms with Crippen molar-refractivity contribution >= 4 is 0 Å². The Morgan fingerprint density at radius 1 is 0.737 bits per heavy atom. The zero-order chi connectivity index (χ0) is 13.8. The molecule has 0 bridgehead atoms. The number of hydrogen-bond donors (Lipinski definition) is 0. The predicted octanol–water partition coefficient (Wildman–Crippen LogP) is 5.07. The summed E-state index contributed by atoms with van der Waals surface area (Å²) in [4.78, 5) is 0. The third-order valence-electron chi connectivity index (χ3n) is 3.89. The highest BCUT2D eigenvalue weighted by molar-refractivity contribution is 5.06. The average molecular weight is 262 g/mol. The van der Waals surface area contributed by atoms with Gasteiger partial charge in [0.2, 0.25) is 0 Å². The maximum Gasteiger partial charge on any atom is 0.169 e. The molecular formula is C18H32N+. The van der Waals surface area contributed by atoms with Gasteiger partial charge in [-0.1, -0.05) is 58.8 Å². The van der Waals surface area contributed by atoms with E-state index in [-0.39, 0.29) is 0 Å². The fourth-order valence-corrected chi connectivity index (χ4v) is 2.48. The molecule has 19 heavy (non-hydrogen) atoms. The zero-order valence-corrected chi connectivity index (χ0v) is 13.0. The van der Waals surface area contributed by atoms with Gasteiger partial charge < -0.3 is 0 Å². The van der Waals surface area contributed by atoms with Crippen LogP contribution in [0.4, 0.5) is 0 Å². The number of pyridine rings is 1. The first-order valence-electron chi connectivity index (χ1n) is 8.34. The monoisotopic (exact) mass is 262 g/mol. The van der Waals surface area contributed by atoms with Crippen LogP contribution < -0.4 is 4.57 Å². The second-order valence-corrected chi connectivity index (χ2v) is 5.63. The molecule has 0 saturated heterocycles. The number of aryl methyl sites for hydroxylation is 2. The first kappa shape index (κ1) is 16.2. The summed E-state index contributed by atoms with van der Waals surface area (Å²) in [7, 11) is 0. The van der Waals surface area contributed by atoms with Gasteiger partial charge in [0.1, 0.15) is 6.54 Å².